The van der Waals surface area contributed by atoms with Crippen molar-refractivity contribution in [2.75, 3.05) is 13.1 Å². The van der Waals surface area contributed by atoms with Crippen molar-refractivity contribution in [1.29, 1.82) is 0 Å². The van der Waals surface area contributed by atoms with Crippen LogP contribution in [0.5, 0.6) is 0 Å². The van der Waals surface area contributed by atoms with E-state index in [1.165, 1.54) is 16.2 Å². The fraction of sp³-hybridized carbons (Fsp3) is 0.364. The standard InChI is InChI=1S/C11H9F3INOS/c12-11(13,14)8-1-3-16(4-2-8)10(17)7-5-9(15)18-6-7/h1,5-6H,2-4H2. The zero-order valence-electron chi connectivity index (χ0n) is 9.13. The van der Waals surface area contributed by atoms with Gasteiger partial charge in [-0.25, -0.2) is 0 Å². The highest BCUT2D eigenvalue weighted by molar-refractivity contribution is 14.1. The van der Waals surface area contributed by atoms with Crippen LogP contribution in [0.4, 0.5) is 13.2 Å². The summed E-state index contributed by atoms with van der Waals surface area (Å²) in [5.41, 5.74) is 0.0136. The zero-order chi connectivity index (χ0) is 13.3. The van der Waals surface area contributed by atoms with Gasteiger partial charge in [0, 0.05) is 24.0 Å². The normalized spacial score (nSPS) is 16.7. The van der Waals surface area contributed by atoms with Crippen molar-refractivity contribution < 1.29 is 18.0 Å². The highest BCUT2D eigenvalue weighted by atomic mass is 127. The summed E-state index contributed by atoms with van der Waals surface area (Å²) in [5.74, 6) is -0.202. The van der Waals surface area contributed by atoms with Gasteiger partial charge < -0.3 is 4.90 Å². The van der Waals surface area contributed by atoms with Crippen molar-refractivity contribution >= 4 is 39.8 Å². The van der Waals surface area contributed by atoms with E-state index in [0.717, 1.165) is 8.96 Å². The molecule has 0 aliphatic carbocycles. The summed E-state index contributed by atoms with van der Waals surface area (Å²) in [6, 6.07) is 1.75. The number of hydrogen-bond acceptors (Lipinski definition) is 2. The molecule has 7 heteroatoms. The lowest BCUT2D eigenvalue weighted by atomic mass is 10.1. The first-order valence-electron chi connectivity index (χ1n) is 5.17. The minimum atomic E-state index is -4.27. The van der Waals surface area contributed by atoms with Crippen LogP contribution < -0.4 is 0 Å². The number of carbonyl (C=O) groups excluding carboxylic acids is 1. The van der Waals surface area contributed by atoms with E-state index in [2.05, 4.69) is 22.6 Å². The summed E-state index contributed by atoms with van der Waals surface area (Å²) in [6.45, 7) is 0.150. The Bertz CT molecular complexity index is 495. The molecule has 0 N–H and O–H groups in total. The molecule has 2 nitrogen and oxygen atoms in total. The van der Waals surface area contributed by atoms with Crippen molar-refractivity contribution in [2.45, 2.75) is 12.6 Å². The Labute approximate surface area is 120 Å². The Kier molecular flexibility index (Phi) is 4.00. The predicted octanol–water partition coefficient (Wildman–Crippen LogP) is 3.69. The average molecular weight is 387 g/mol. The number of hydrogen-bond donors (Lipinski definition) is 0. The van der Waals surface area contributed by atoms with Gasteiger partial charge in [-0.05, 0) is 35.1 Å². The largest absolute Gasteiger partial charge is 0.412 e. The Morgan fingerprint density at radius 3 is 2.61 bits per heavy atom. The summed E-state index contributed by atoms with van der Waals surface area (Å²) < 4.78 is 38.3. The van der Waals surface area contributed by atoms with E-state index in [-0.39, 0.29) is 25.4 Å². The van der Waals surface area contributed by atoms with Gasteiger partial charge in [-0.1, -0.05) is 6.08 Å². The molecule has 0 fully saturated rings. The molecular formula is C11H9F3INOS. The van der Waals surface area contributed by atoms with Gasteiger partial charge in [-0.2, -0.15) is 13.2 Å². The molecule has 1 aromatic heterocycles. The topological polar surface area (TPSA) is 20.3 Å². The third-order valence-electron chi connectivity index (χ3n) is 2.67. The highest BCUT2D eigenvalue weighted by Crippen LogP contribution is 2.30. The van der Waals surface area contributed by atoms with Crippen LogP contribution >= 0.6 is 33.9 Å². The van der Waals surface area contributed by atoms with Gasteiger partial charge >= 0.3 is 6.18 Å². The van der Waals surface area contributed by atoms with Crippen molar-refractivity contribution in [3.05, 3.63) is 31.5 Å². The summed E-state index contributed by atoms with van der Waals surface area (Å²) >= 11 is 3.55. The predicted molar refractivity (Wildman–Crippen MR) is 71.7 cm³/mol. The molecule has 1 amide bonds. The van der Waals surface area contributed by atoms with Crippen LogP contribution in [0.2, 0.25) is 0 Å². The fourth-order valence-corrected chi connectivity index (χ4v) is 3.04. The third kappa shape index (κ3) is 3.05. The molecule has 98 valence electrons. The molecule has 0 unspecified atom stereocenters. The first-order valence-corrected chi connectivity index (χ1v) is 7.13. The number of rotatable bonds is 1. The molecule has 0 saturated heterocycles. The minimum absolute atomic E-state index is 0.0279. The van der Waals surface area contributed by atoms with E-state index in [4.69, 9.17) is 0 Å². The minimum Gasteiger partial charge on any atom is -0.335 e. The Morgan fingerprint density at radius 1 is 1.44 bits per heavy atom. The lowest BCUT2D eigenvalue weighted by Crippen LogP contribution is -2.36. The Morgan fingerprint density at radius 2 is 2.17 bits per heavy atom. The number of nitrogens with zero attached hydrogens (tertiary/aromatic N) is 1. The summed E-state index contributed by atoms with van der Waals surface area (Å²) in [4.78, 5) is 13.4. The number of thiophene rings is 1. The van der Waals surface area contributed by atoms with Crippen LogP contribution in [-0.4, -0.2) is 30.1 Å². The van der Waals surface area contributed by atoms with Crippen LogP contribution in [0, 0.1) is 2.88 Å². The quantitative estimate of drug-likeness (QED) is 0.532. The third-order valence-corrected chi connectivity index (χ3v) is 4.46. The molecule has 18 heavy (non-hydrogen) atoms. The van der Waals surface area contributed by atoms with Gasteiger partial charge in [0.05, 0.1) is 8.45 Å². The second-order valence-corrected chi connectivity index (χ2v) is 6.67. The molecule has 1 aliphatic heterocycles. The molecular weight excluding hydrogens is 378 g/mol. The van der Waals surface area contributed by atoms with Crippen LogP contribution in [0.15, 0.2) is 23.1 Å². The van der Waals surface area contributed by atoms with E-state index in [0.29, 0.717) is 5.56 Å². The lowest BCUT2D eigenvalue weighted by molar-refractivity contribution is -0.0957. The van der Waals surface area contributed by atoms with Gasteiger partial charge in [0.1, 0.15) is 0 Å². The van der Waals surface area contributed by atoms with Crippen LogP contribution in [0.3, 0.4) is 0 Å². The Balaban J connectivity index is 2.06. The van der Waals surface area contributed by atoms with Crippen molar-refractivity contribution in [1.82, 2.24) is 4.90 Å². The van der Waals surface area contributed by atoms with Gasteiger partial charge in [0.2, 0.25) is 0 Å². The molecule has 2 rings (SSSR count). The SMILES string of the molecule is O=C(c1csc(I)c1)N1CC=C(C(F)(F)F)CC1. The van der Waals surface area contributed by atoms with E-state index in [9.17, 15) is 18.0 Å². The molecule has 0 bridgehead atoms. The zero-order valence-corrected chi connectivity index (χ0v) is 12.1. The van der Waals surface area contributed by atoms with Gasteiger partial charge in [-0.15, -0.1) is 11.3 Å². The summed E-state index contributed by atoms with van der Waals surface area (Å²) in [5, 5.41) is 1.73. The number of carbonyl (C=O) groups is 1. The van der Waals surface area contributed by atoms with Crippen LogP contribution in [0.25, 0.3) is 0 Å². The maximum atomic E-state index is 12.4. The molecule has 0 spiro atoms. The van der Waals surface area contributed by atoms with Crippen LogP contribution in [0.1, 0.15) is 16.8 Å². The summed E-state index contributed by atoms with van der Waals surface area (Å²) in [7, 11) is 0. The van der Waals surface area contributed by atoms with Crippen molar-refractivity contribution in [3.8, 4) is 0 Å². The van der Waals surface area contributed by atoms with E-state index in [1.54, 1.807) is 11.4 Å². The maximum absolute atomic E-state index is 12.4. The van der Waals surface area contributed by atoms with Gasteiger partial charge in [-0.3, -0.25) is 4.79 Å². The number of halogens is 4. The van der Waals surface area contributed by atoms with Gasteiger partial charge in [0.15, 0.2) is 0 Å². The van der Waals surface area contributed by atoms with Crippen LogP contribution in [-0.2, 0) is 0 Å². The first kappa shape index (κ1) is 13.9. The average Bonchev–Trinajstić information content (AvgIpc) is 2.74. The molecule has 0 atom stereocenters. The summed E-state index contributed by atoms with van der Waals surface area (Å²) in [6.07, 6.45) is -3.30. The Hall–Kier alpha value is -0.570. The molecule has 0 saturated carbocycles. The van der Waals surface area contributed by atoms with E-state index in [1.807, 2.05) is 0 Å². The molecule has 2 heterocycles. The maximum Gasteiger partial charge on any atom is 0.412 e. The second kappa shape index (κ2) is 5.20. The second-order valence-electron chi connectivity index (χ2n) is 3.87. The number of alkyl halides is 3. The van der Waals surface area contributed by atoms with Crippen molar-refractivity contribution in [3.63, 3.8) is 0 Å². The molecule has 0 aromatic carbocycles. The number of amides is 1. The van der Waals surface area contributed by atoms with Gasteiger partial charge in [0.25, 0.3) is 5.91 Å². The highest BCUT2D eigenvalue weighted by Gasteiger charge is 2.35. The first-order chi connectivity index (χ1) is 8.38. The van der Waals surface area contributed by atoms with E-state index < -0.39 is 11.7 Å². The van der Waals surface area contributed by atoms with E-state index >= 15 is 0 Å². The van der Waals surface area contributed by atoms with Crippen molar-refractivity contribution in [2.24, 2.45) is 0 Å². The fourth-order valence-electron chi connectivity index (χ4n) is 1.72. The molecule has 0 radical (unpaired) electrons. The lowest BCUT2D eigenvalue weighted by Gasteiger charge is -2.27. The monoisotopic (exact) mass is 387 g/mol. The molecule has 1 aromatic rings. The smallest absolute Gasteiger partial charge is 0.335 e. The molecule has 1 aliphatic rings.